The number of hydrogen-bond acceptors (Lipinski definition) is 6. The summed E-state index contributed by atoms with van der Waals surface area (Å²) in [6.45, 7) is 2.11. The number of benzene rings is 1. The molecule has 1 saturated carbocycles. The molecule has 1 N–H and O–H groups in total. The van der Waals surface area contributed by atoms with Gasteiger partial charge in [-0.1, -0.05) is 31.5 Å². The van der Waals surface area contributed by atoms with Crippen molar-refractivity contribution in [3.63, 3.8) is 0 Å². The summed E-state index contributed by atoms with van der Waals surface area (Å²) >= 11 is 1.26. The van der Waals surface area contributed by atoms with Crippen LogP contribution in [-0.4, -0.2) is 47.1 Å². The summed E-state index contributed by atoms with van der Waals surface area (Å²) in [5.74, 6) is 0.618. The summed E-state index contributed by atoms with van der Waals surface area (Å²) < 4.78 is 40.6. The number of sulfonamides is 1. The highest BCUT2D eigenvalue weighted by atomic mass is 32.2. The lowest BCUT2D eigenvalue weighted by Gasteiger charge is -2.29. The maximum atomic E-state index is 13.2. The second-order valence-corrected chi connectivity index (χ2v) is 10.8. The van der Waals surface area contributed by atoms with E-state index in [0.29, 0.717) is 22.6 Å². The molecule has 0 aliphatic heterocycles. The number of halogens is 1. The zero-order chi connectivity index (χ0) is 22.6. The van der Waals surface area contributed by atoms with E-state index in [2.05, 4.69) is 22.4 Å². The minimum atomic E-state index is -3.63. The number of amides is 1. The first kappa shape index (κ1) is 23.5. The van der Waals surface area contributed by atoms with Crippen LogP contribution in [0.2, 0.25) is 0 Å². The molecular formula is C20H28FN5O3S2. The summed E-state index contributed by atoms with van der Waals surface area (Å²) in [5, 5.41) is 11.8. The van der Waals surface area contributed by atoms with Gasteiger partial charge in [0.05, 0.1) is 24.2 Å². The molecule has 3 rings (SSSR count). The van der Waals surface area contributed by atoms with Gasteiger partial charge in [0, 0.05) is 13.1 Å². The van der Waals surface area contributed by atoms with Crippen LogP contribution in [0.25, 0.3) is 0 Å². The Morgan fingerprint density at radius 1 is 1.26 bits per heavy atom. The van der Waals surface area contributed by atoms with Crippen molar-refractivity contribution in [3.8, 4) is 0 Å². The van der Waals surface area contributed by atoms with Crippen molar-refractivity contribution in [1.29, 1.82) is 0 Å². The Morgan fingerprint density at radius 3 is 2.58 bits per heavy atom. The highest BCUT2D eigenvalue weighted by molar-refractivity contribution is 7.99. The van der Waals surface area contributed by atoms with Crippen LogP contribution in [-0.2, 0) is 28.4 Å². The summed E-state index contributed by atoms with van der Waals surface area (Å²) in [4.78, 5) is 12.4. The molecule has 1 aliphatic carbocycles. The molecule has 1 fully saturated rings. The van der Waals surface area contributed by atoms with E-state index in [4.69, 9.17) is 0 Å². The fourth-order valence-electron chi connectivity index (χ4n) is 3.65. The van der Waals surface area contributed by atoms with E-state index < -0.39 is 15.8 Å². The van der Waals surface area contributed by atoms with Gasteiger partial charge in [0.1, 0.15) is 5.82 Å². The van der Waals surface area contributed by atoms with E-state index in [1.165, 1.54) is 42.4 Å². The Morgan fingerprint density at radius 2 is 1.94 bits per heavy atom. The third-order valence-electron chi connectivity index (χ3n) is 5.52. The largest absolute Gasteiger partial charge is 0.352 e. The fourth-order valence-corrected chi connectivity index (χ4v) is 5.25. The topological polar surface area (TPSA) is 97.2 Å². The summed E-state index contributed by atoms with van der Waals surface area (Å²) in [5.41, 5.74) is 0.335. The number of hydrogen-bond donors (Lipinski definition) is 1. The minimum Gasteiger partial charge on any atom is -0.352 e. The van der Waals surface area contributed by atoms with Crippen molar-refractivity contribution in [2.75, 3.05) is 16.3 Å². The van der Waals surface area contributed by atoms with Gasteiger partial charge in [0.25, 0.3) is 0 Å². The zero-order valence-electron chi connectivity index (χ0n) is 17.9. The summed E-state index contributed by atoms with van der Waals surface area (Å²) in [7, 11) is -1.90. The van der Waals surface area contributed by atoms with Gasteiger partial charge in [-0.3, -0.25) is 9.10 Å². The predicted octanol–water partition coefficient (Wildman–Crippen LogP) is 2.71. The Labute approximate surface area is 186 Å². The van der Waals surface area contributed by atoms with E-state index in [1.54, 1.807) is 11.6 Å². The monoisotopic (exact) mass is 469 g/mol. The number of aromatic nitrogens is 3. The average Bonchev–Trinajstić information content (AvgIpc) is 3.06. The quantitative estimate of drug-likeness (QED) is 0.597. The average molecular weight is 470 g/mol. The second-order valence-electron chi connectivity index (χ2n) is 7.93. The Balaban J connectivity index is 1.64. The van der Waals surface area contributed by atoms with E-state index in [1.807, 2.05) is 0 Å². The van der Waals surface area contributed by atoms with Crippen LogP contribution in [0.3, 0.4) is 0 Å². The zero-order valence-corrected chi connectivity index (χ0v) is 19.5. The van der Waals surface area contributed by atoms with E-state index >= 15 is 0 Å². The molecule has 1 aromatic carbocycles. The van der Waals surface area contributed by atoms with Crippen molar-refractivity contribution in [3.05, 3.63) is 35.9 Å². The standard InChI is InChI=1S/C20H28FN5O3S2/c1-14-6-4-5-7-17(14)22-19(27)13-30-20-24-23-18(25(20)2)12-26(31(3,28)29)16-10-8-15(21)9-11-16/h8-11,14,17H,4-7,12-13H2,1-3H3,(H,22,27)/t14-,17-/m1/s1. The number of carbonyl (C=O) groups excluding carboxylic acids is 1. The molecule has 31 heavy (non-hydrogen) atoms. The van der Waals surface area contributed by atoms with E-state index in [-0.39, 0.29) is 24.2 Å². The highest BCUT2D eigenvalue weighted by Gasteiger charge is 2.24. The van der Waals surface area contributed by atoms with Crippen LogP contribution in [0.4, 0.5) is 10.1 Å². The number of nitrogens with zero attached hydrogens (tertiary/aromatic N) is 4. The van der Waals surface area contributed by atoms with Crippen LogP contribution in [0.15, 0.2) is 29.4 Å². The van der Waals surface area contributed by atoms with Gasteiger partial charge in [-0.2, -0.15) is 0 Å². The first-order chi connectivity index (χ1) is 14.6. The lowest BCUT2D eigenvalue weighted by Crippen LogP contribution is -2.41. The minimum absolute atomic E-state index is 0.0441. The maximum Gasteiger partial charge on any atom is 0.232 e. The molecule has 0 radical (unpaired) electrons. The van der Waals surface area contributed by atoms with E-state index in [9.17, 15) is 17.6 Å². The molecule has 1 aromatic heterocycles. The number of anilines is 1. The third kappa shape index (κ3) is 6.19. The molecule has 8 nitrogen and oxygen atoms in total. The number of carbonyl (C=O) groups is 1. The summed E-state index contributed by atoms with van der Waals surface area (Å²) in [6, 6.07) is 5.43. The van der Waals surface area contributed by atoms with Crippen LogP contribution >= 0.6 is 11.8 Å². The van der Waals surface area contributed by atoms with Crippen LogP contribution < -0.4 is 9.62 Å². The van der Waals surface area contributed by atoms with Crippen molar-refractivity contribution < 1.29 is 17.6 Å². The molecule has 170 valence electrons. The van der Waals surface area contributed by atoms with Crippen LogP contribution in [0.5, 0.6) is 0 Å². The molecular weight excluding hydrogens is 441 g/mol. The van der Waals surface area contributed by atoms with Gasteiger partial charge in [-0.05, 0) is 43.0 Å². The molecule has 2 aromatic rings. The smallest absolute Gasteiger partial charge is 0.232 e. The maximum absolute atomic E-state index is 13.2. The first-order valence-corrected chi connectivity index (χ1v) is 13.0. The van der Waals surface area contributed by atoms with Crippen molar-refractivity contribution in [2.45, 2.75) is 50.4 Å². The number of thioether (sulfide) groups is 1. The van der Waals surface area contributed by atoms with Crippen LogP contribution in [0, 0.1) is 11.7 Å². The van der Waals surface area contributed by atoms with Gasteiger partial charge in [-0.15, -0.1) is 10.2 Å². The lowest BCUT2D eigenvalue weighted by molar-refractivity contribution is -0.119. The predicted molar refractivity (Wildman–Crippen MR) is 119 cm³/mol. The van der Waals surface area contributed by atoms with Gasteiger partial charge >= 0.3 is 0 Å². The number of nitrogens with one attached hydrogen (secondary N) is 1. The lowest BCUT2D eigenvalue weighted by atomic mass is 9.86. The molecule has 11 heteroatoms. The molecule has 0 spiro atoms. The van der Waals surface area contributed by atoms with Gasteiger partial charge < -0.3 is 9.88 Å². The number of rotatable bonds is 8. The third-order valence-corrected chi connectivity index (χ3v) is 7.68. The van der Waals surface area contributed by atoms with Crippen LogP contribution in [0.1, 0.15) is 38.4 Å². The van der Waals surface area contributed by atoms with Gasteiger partial charge in [0.2, 0.25) is 15.9 Å². The highest BCUT2D eigenvalue weighted by Crippen LogP contribution is 2.25. The van der Waals surface area contributed by atoms with Crippen molar-refractivity contribution in [1.82, 2.24) is 20.1 Å². The molecule has 1 aliphatic rings. The second kappa shape index (κ2) is 9.99. The fraction of sp³-hybridized carbons (Fsp3) is 0.550. The first-order valence-electron chi connectivity index (χ1n) is 10.2. The molecule has 0 unspecified atom stereocenters. The normalized spacial score (nSPS) is 19.2. The Hall–Kier alpha value is -2.14. The van der Waals surface area contributed by atoms with E-state index in [0.717, 1.165) is 29.8 Å². The molecule has 2 atom stereocenters. The molecule has 0 saturated heterocycles. The van der Waals surface area contributed by atoms with Crippen molar-refractivity contribution >= 4 is 33.4 Å². The SMILES string of the molecule is C[C@@H]1CCCC[C@H]1NC(=O)CSc1nnc(CN(c2ccc(F)cc2)S(C)(=O)=O)n1C. The Kier molecular flexibility index (Phi) is 7.58. The molecule has 0 bridgehead atoms. The van der Waals surface area contributed by atoms with Crippen molar-refractivity contribution in [2.24, 2.45) is 13.0 Å². The summed E-state index contributed by atoms with van der Waals surface area (Å²) in [6.07, 6.45) is 5.58. The molecule has 1 amide bonds. The Bertz CT molecular complexity index is 1010. The molecule has 1 heterocycles. The van der Waals surface area contributed by atoms with Gasteiger partial charge in [0.15, 0.2) is 11.0 Å². The van der Waals surface area contributed by atoms with Gasteiger partial charge in [-0.25, -0.2) is 12.8 Å².